The van der Waals surface area contributed by atoms with Crippen molar-refractivity contribution in [3.8, 4) is 5.75 Å². The molecule has 150 valence electrons. The molecule has 2 N–H and O–H groups in total. The van der Waals surface area contributed by atoms with Crippen molar-refractivity contribution in [1.29, 1.82) is 0 Å². The van der Waals surface area contributed by atoms with Gasteiger partial charge < -0.3 is 25.0 Å². The number of piperidine rings is 1. The normalized spacial score (nSPS) is 18.0. The number of nitrogens with zero attached hydrogens (tertiary/aromatic N) is 3. The standard InChI is InChI=1S/C19H31N5O3/c1-19(2,3)27-18(25)24-11-6-7-15(14-24)23-17(20-4)22-10-12-26-16-8-5-9-21-13-16/h5,8-9,13,15H,6-7,10-12,14H2,1-4H3,(H2,20,22,23). The van der Waals surface area contributed by atoms with Crippen LogP contribution in [-0.4, -0.2) is 66.9 Å². The molecule has 1 aliphatic rings. The molecule has 0 spiro atoms. The van der Waals surface area contributed by atoms with Crippen LogP contribution < -0.4 is 15.4 Å². The van der Waals surface area contributed by atoms with Gasteiger partial charge in [-0.3, -0.25) is 9.98 Å². The summed E-state index contributed by atoms with van der Waals surface area (Å²) in [5, 5.41) is 6.60. The number of aliphatic imine (C=N–C) groups is 1. The first-order valence-corrected chi connectivity index (χ1v) is 9.35. The molecule has 1 unspecified atom stereocenters. The highest BCUT2D eigenvalue weighted by Crippen LogP contribution is 2.15. The van der Waals surface area contributed by atoms with Crippen LogP contribution in [0.4, 0.5) is 4.79 Å². The van der Waals surface area contributed by atoms with Crippen LogP contribution in [0.1, 0.15) is 33.6 Å². The first-order chi connectivity index (χ1) is 12.9. The van der Waals surface area contributed by atoms with Gasteiger partial charge in [0.15, 0.2) is 5.96 Å². The third kappa shape index (κ3) is 7.72. The second-order valence-electron chi connectivity index (χ2n) is 7.45. The molecule has 2 rings (SSSR count). The Kier molecular flexibility index (Phi) is 7.69. The first-order valence-electron chi connectivity index (χ1n) is 9.35. The third-order valence-corrected chi connectivity index (χ3v) is 3.94. The number of nitrogens with one attached hydrogen (secondary N) is 2. The van der Waals surface area contributed by atoms with Crippen molar-refractivity contribution in [2.75, 3.05) is 33.3 Å². The van der Waals surface area contributed by atoms with Crippen LogP contribution in [0, 0.1) is 0 Å². The summed E-state index contributed by atoms with van der Waals surface area (Å²) in [5.41, 5.74) is -0.483. The molecule has 8 heteroatoms. The van der Waals surface area contributed by atoms with Crippen molar-refractivity contribution in [1.82, 2.24) is 20.5 Å². The van der Waals surface area contributed by atoms with Gasteiger partial charge in [0.05, 0.1) is 12.7 Å². The van der Waals surface area contributed by atoms with E-state index in [1.807, 2.05) is 32.9 Å². The van der Waals surface area contributed by atoms with Crippen LogP contribution in [0.5, 0.6) is 5.75 Å². The van der Waals surface area contributed by atoms with Gasteiger partial charge in [0, 0.05) is 32.4 Å². The average Bonchev–Trinajstić information content (AvgIpc) is 2.64. The van der Waals surface area contributed by atoms with Crippen molar-refractivity contribution in [2.45, 2.75) is 45.3 Å². The molecule has 2 heterocycles. The molecular formula is C19H31N5O3. The minimum Gasteiger partial charge on any atom is -0.490 e. The number of aromatic nitrogens is 1. The molecule has 1 atom stereocenters. The van der Waals surface area contributed by atoms with E-state index in [9.17, 15) is 4.79 Å². The zero-order valence-corrected chi connectivity index (χ0v) is 16.7. The van der Waals surface area contributed by atoms with Gasteiger partial charge in [-0.15, -0.1) is 0 Å². The van der Waals surface area contributed by atoms with E-state index in [-0.39, 0.29) is 12.1 Å². The second-order valence-corrected chi connectivity index (χ2v) is 7.45. The summed E-state index contributed by atoms with van der Waals surface area (Å²) in [6.45, 7) is 8.07. The number of pyridine rings is 1. The lowest BCUT2D eigenvalue weighted by Gasteiger charge is -2.35. The maximum atomic E-state index is 12.3. The summed E-state index contributed by atoms with van der Waals surface area (Å²) < 4.78 is 11.1. The molecule has 0 aliphatic carbocycles. The number of guanidine groups is 1. The van der Waals surface area contributed by atoms with Crippen molar-refractivity contribution in [3.63, 3.8) is 0 Å². The largest absolute Gasteiger partial charge is 0.490 e. The maximum Gasteiger partial charge on any atom is 0.410 e. The van der Waals surface area contributed by atoms with Gasteiger partial charge in [-0.25, -0.2) is 4.79 Å². The number of rotatable bonds is 5. The molecule has 1 fully saturated rings. The predicted molar refractivity (Wildman–Crippen MR) is 105 cm³/mol. The van der Waals surface area contributed by atoms with Crippen LogP contribution in [-0.2, 0) is 4.74 Å². The van der Waals surface area contributed by atoms with Crippen LogP contribution in [0.25, 0.3) is 0 Å². The van der Waals surface area contributed by atoms with Crippen LogP contribution >= 0.6 is 0 Å². The lowest BCUT2D eigenvalue weighted by molar-refractivity contribution is 0.0193. The van der Waals surface area contributed by atoms with Crippen molar-refractivity contribution in [2.24, 2.45) is 4.99 Å². The fourth-order valence-electron chi connectivity index (χ4n) is 2.75. The Morgan fingerprint density at radius 3 is 2.93 bits per heavy atom. The lowest BCUT2D eigenvalue weighted by Crippen LogP contribution is -2.53. The van der Waals surface area contributed by atoms with E-state index in [1.54, 1.807) is 24.3 Å². The van der Waals surface area contributed by atoms with E-state index in [4.69, 9.17) is 9.47 Å². The van der Waals surface area contributed by atoms with Gasteiger partial charge in [-0.05, 0) is 45.7 Å². The number of carbonyl (C=O) groups excluding carboxylic acids is 1. The van der Waals surface area contributed by atoms with Crippen molar-refractivity contribution >= 4 is 12.1 Å². The third-order valence-electron chi connectivity index (χ3n) is 3.94. The van der Waals surface area contributed by atoms with Crippen LogP contribution in [0.2, 0.25) is 0 Å². The van der Waals surface area contributed by atoms with Gasteiger partial charge in [0.1, 0.15) is 18.0 Å². The van der Waals surface area contributed by atoms with Crippen LogP contribution in [0.15, 0.2) is 29.5 Å². The molecule has 1 aliphatic heterocycles. The predicted octanol–water partition coefficient (Wildman–Crippen LogP) is 2.02. The molecule has 0 bridgehead atoms. The van der Waals surface area contributed by atoms with E-state index in [2.05, 4.69) is 20.6 Å². The molecule has 0 aromatic carbocycles. The monoisotopic (exact) mass is 377 g/mol. The summed E-state index contributed by atoms with van der Waals surface area (Å²) in [6, 6.07) is 3.84. The highest BCUT2D eigenvalue weighted by atomic mass is 16.6. The van der Waals surface area contributed by atoms with E-state index in [0.717, 1.165) is 25.1 Å². The SMILES string of the molecule is CN=C(NCCOc1cccnc1)NC1CCCN(C(=O)OC(C)(C)C)C1. The topological polar surface area (TPSA) is 88.1 Å². The van der Waals surface area contributed by atoms with Crippen molar-refractivity contribution in [3.05, 3.63) is 24.5 Å². The Morgan fingerprint density at radius 1 is 1.44 bits per heavy atom. The second kappa shape index (κ2) is 9.99. The fourth-order valence-corrected chi connectivity index (χ4v) is 2.75. The summed E-state index contributed by atoms with van der Waals surface area (Å²) >= 11 is 0. The summed E-state index contributed by atoms with van der Waals surface area (Å²) in [7, 11) is 1.73. The molecule has 0 saturated carbocycles. The number of likely N-dealkylation sites (tertiary alicyclic amines) is 1. The summed E-state index contributed by atoms with van der Waals surface area (Å²) in [4.78, 5) is 22.3. The van der Waals surface area contributed by atoms with Crippen molar-refractivity contribution < 1.29 is 14.3 Å². The van der Waals surface area contributed by atoms with Gasteiger partial charge in [-0.2, -0.15) is 0 Å². The fraction of sp³-hybridized carbons (Fsp3) is 0.632. The smallest absolute Gasteiger partial charge is 0.410 e. The Hall–Kier alpha value is -2.51. The number of carbonyl (C=O) groups is 1. The lowest BCUT2D eigenvalue weighted by atomic mass is 10.1. The maximum absolute atomic E-state index is 12.3. The Bertz CT molecular complexity index is 616. The molecular weight excluding hydrogens is 346 g/mol. The Labute approximate surface area is 161 Å². The molecule has 1 saturated heterocycles. The summed E-state index contributed by atoms with van der Waals surface area (Å²) in [5.74, 6) is 1.43. The van der Waals surface area contributed by atoms with Gasteiger partial charge in [0.2, 0.25) is 0 Å². The highest BCUT2D eigenvalue weighted by Gasteiger charge is 2.27. The van der Waals surface area contributed by atoms with Gasteiger partial charge in [0.25, 0.3) is 0 Å². The first kappa shape index (κ1) is 20.8. The molecule has 27 heavy (non-hydrogen) atoms. The molecule has 0 radical (unpaired) electrons. The average molecular weight is 377 g/mol. The minimum absolute atomic E-state index is 0.136. The Morgan fingerprint density at radius 2 is 2.26 bits per heavy atom. The van der Waals surface area contributed by atoms with E-state index in [0.29, 0.717) is 25.7 Å². The molecule has 8 nitrogen and oxygen atoms in total. The molecule has 1 aromatic heterocycles. The van der Waals surface area contributed by atoms with E-state index < -0.39 is 5.60 Å². The molecule has 1 amide bonds. The number of ether oxygens (including phenoxy) is 2. The van der Waals surface area contributed by atoms with E-state index >= 15 is 0 Å². The number of amides is 1. The van der Waals surface area contributed by atoms with E-state index in [1.165, 1.54) is 0 Å². The highest BCUT2D eigenvalue weighted by molar-refractivity contribution is 5.80. The number of hydrogen-bond donors (Lipinski definition) is 2. The van der Waals surface area contributed by atoms with Crippen LogP contribution in [0.3, 0.4) is 0 Å². The van der Waals surface area contributed by atoms with Gasteiger partial charge in [-0.1, -0.05) is 0 Å². The molecule has 1 aromatic rings. The summed E-state index contributed by atoms with van der Waals surface area (Å²) in [6.07, 6.45) is 5.04. The quantitative estimate of drug-likeness (QED) is 0.464. The zero-order valence-electron chi connectivity index (χ0n) is 16.7. The minimum atomic E-state index is -0.483. The van der Waals surface area contributed by atoms with Gasteiger partial charge >= 0.3 is 6.09 Å². The zero-order chi connectivity index (χ0) is 19.7. The Balaban J connectivity index is 1.74. The number of hydrogen-bond acceptors (Lipinski definition) is 5.